The predicted octanol–water partition coefficient (Wildman–Crippen LogP) is -0.726. The molecule has 1 saturated heterocycles. The molecule has 3 rings (SSSR count). The highest BCUT2D eigenvalue weighted by Gasteiger charge is 2.27. The molecule has 0 saturated carbocycles. The van der Waals surface area contributed by atoms with Crippen LogP contribution in [0.15, 0.2) is 25.0 Å². The van der Waals surface area contributed by atoms with E-state index in [0.29, 0.717) is 24.5 Å². The van der Waals surface area contributed by atoms with Crippen LogP contribution in [-0.2, 0) is 9.59 Å². The van der Waals surface area contributed by atoms with Gasteiger partial charge in [-0.25, -0.2) is 19.6 Å². The zero-order valence-electron chi connectivity index (χ0n) is 10.4. The lowest BCUT2D eigenvalue weighted by atomic mass is 10.2. The summed E-state index contributed by atoms with van der Waals surface area (Å²) in [6.07, 6.45) is 5.05. The first-order valence-electron chi connectivity index (χ1n) is 5.99. The summed E-state index contributed by atoms with van der Waals surface area (Å²) >= 11 is 0. The van der Waals surface area contributed by atoms with Crippen molar-refractivity contribution < 1.29 is 9.59 Å². The normalized spacial score (nSPS) is 17.8. The fraction of sp³-hybridized carbons (Fsp3) is 0.273. The van der Waals surface area contributed by atoms with E-state index in [4.69, 9.17) is 0 Å². The molecule has 1 atom stereocenters. The van der Waals surface area contributed by atoms with E-state index in [1.807, 2.05) is 0 Å². The fourth-order valence-corrected chi connectivity index (χ4v) is 1.89. The number of carbonyl (C=O) groups is 2. The zero-order chi connectivity index (χ0) is 13.9. The van der Waals surface area contributed by atoms with E-state index in [9.17, 15) is 9.59 Å². The molecule has 2 N–H and O–H groups in total. The molecule has 0 aliphatic carbocycles. The molecule has 2 aromatic heterocycles. The Labute approximate surface area is 113 Å². The van der Waals surface area contributed by atoms with Gasteiger partial charge in [0.15, 0.2) is 5.82 Å². The number of hydrogen-bond acceptors (Lipinski definition) is 6. The molecule has 9 heteroatoms. The van der Waals surface area contributed by atoms with Crippen LogP contribution in [0.5, 0.6) is 0 Å². The van der Waals surface area contributed by atoms with Crippen LogP contribution in [0.25, 0.3) is 5.82 Å². The monoisotopic (exact) mass is 273 g/mol. The van der Waals surface area contributed by atoms with Gasteiger partial charge in [0.25, 0.3) is 0 Å². The molecule has 0 radical (unpaired) electrons. The van der Waals surface area contributed by atoms with Crippen molar-refractivity contribution in [1.29, 1.82) is 0 Å². The van der Waals surface area contributed by atoms with Crippen molar-refractivity contribution in [2.24, 2.45) is 0 Å². The molecule has 1 fully saturated rings. The highest BCUT2D eigenvalue weighted by atomic mass is 16.2. The van der Waals surface area contributed by atoms with Gasteiger partial charge >= 0.3 is 0 Å². The van der Waals surface area contributed by atoms with Gasteiger partial charge < -0.3 is 10.6 Å². The third-order valence-corrected chi connectivity index (χ3v) is 2.87. The first kappa shape index (κ1) is 12.2. The lowest BCUT2D eigenvalue weighted by Crippen LogP contribution is -2.37. The summed E-state index contributed by atoms with van der Waals surface area (Å²) in [5.41, 5.74) is 0. The Balaban J connectivity index is 1.73. The summed E-state index contributed by atoms with van der Waals surface area (Å²) in [7, 11) is 0. The number of nitrogens with zero attached hydrogens (tertiary/aromatic N) is 5. The van der Waals surface area contributed by atoms with E-state index in [1.54, 1.807) is 6.07 Å². The van der Waals surface area contributed by atoms with E-state index in [0.717, 1.165) is 0 Å². The number of anilines is 1. The van der Waals surface area contributed by atoms with E-state index < -0.39 is 6.04 Å². The maximum absolute atomic E-state index is 11.9. The summed E-state index contributed by atoms with van der Waals surface area (Å²) in [4.78, 5) is 34.8. The van der Waals surface area contributed by atoms with Crippen molar-refractivity contribution in [3.8, 4) is 5.82 Å². The Kier molecular flexibility index (Phi) is 3.07. The Morgan fingerprint density at radius 3 is 3.00 bits per heavy atom. The van der Waals surface area contributed by atoms with Gasteiger partial charge in [0.1, 0.15) is 30.8 Å². The standard InChI is InChI=1S/C11H11N7O2/c19-10-2-1-7(16-10)11(20)17-8-3-9(14-5-13-8)18-6-12-4-15-18/h3-7H,1-2H2,(H,16,19)(H,13,14,17,20). The highest BCUT2D eigenvalue weighted by Crippen LogP contribution is 2.11. The van der Waals surface area contributed by atoms with Gasteiger partial charge in [-0.05, 0) is 6.42 Å². The van der Waals surface area contributed by atoms with Gasteiger partial charge in [-0.15, -0.1) is 0 Å². The molecular formula is C11H11N7O2. The van der Waals surface area contributed by atoms with Crippen molar-refractivity contribution >= 4 is 17.6 Å². The number of nitrogens with one attached hydrogen (secondary N) is 2. The molecular weight excluding hydrogens is 262 g/mol. The first-order chi connectivity index (χ1) is 9.72. The molecule has 0 spiro atoms. The van der Waals surface area contributed by atoms with E-state index >= 15 is 0 Å². The number of hydrogen-bond donors (Lipinski definition) is 2. The minimum atomic E-state index is -0.507. The van der Waals surface area contributed by atoms with Crippen molar-refractivity contribution in [2.75, 3.05) is 5.32 Å². The average Bonchev–Trinajstić information content (AvgIpc) is 3.10. The SMILES string of the molecule is O=C1CCC(C(=O)Nc2cc(-n3cncn3)ncn2)N1. The van der Waals surface area contributed by atoms with Crippen molar-refractivity contribution in [1.82, 2.24) is 30.0 Å². The maximum Gasteiger partial charge on any atom is 0.248 e. The molecule has 20 heavy (non-hydrogen) atoms. The molecule has 9 nitrogen and oxygen atoms in total. The minimum absolute atomic E-state index is 0.115. The summed E-state index contributed by atoms with van der Waals surface area (Å²) in [5.74, 6) is 0.426. The average molecular weight is 273 g/mol. The second-order valence-corrected chi connectivity index (χ2v) is 4.25. The van der Waals surface area contributed by atoms with Crippen LogP contribution < -0.4 is 10.6 Å². The summed E-state index contributed by atoms with van der Waals surface area (Å²) in [5, 5.41) is 9.17. The molecule has 0 bridgehead atoms. The van der Waals surface area contributed by atoms with Gasteiger partial charge in [-0.2, -0.15) is 5.10 Å². The molecule has 2 amide bonds. The van der Waals surface area contributed by atoms with E-state index in [-0.39, 0.29) is 11.8 Å². The summed E-state index contributed by atoms with van der Waals surface area (Å²) in [6.45, 7) is 0. The van der Waals surface area contributed by atoms with E-state index in [1.165, 1.54) is 23.7 Å². The molecule has 3 heterocycles. The van der Waals surface area contributed by atoms with Crippen molar-refractivity contribution in [3.63, 3.8) is 0 Å². The largest absolute Gasteiger partial charge is 0.344 e. The van der Waals surface area contributed by atoms with Crippen molar-refractivity contribution in [2.45, 2.75) is 18.9 Å². The zero-order valence-corrected chi connectivity index (χ0v) is 10.4. The predicted molar refractivity (Wildman–Crippen MR) is 66.7 cm³/mol. The number of amides is 2. The molecule has 1 unspecified atom stereocenters. The van der Waals surface area contributed by atoms with Crippen molar-refractivity contribution in [3.05, 3.63) is 25.0 Å². The fourth-order valence-electron chi connectivity index (χ4n) is 1.89. The lowest BCUT2D eigenvalue weighted by Gasteiger charge is -2.10. The lowest BCUT2D eigenvalue weighted by molar-refractivity contribution is -0.122. The van der Waals surface area contributed by atoms with Crippen LogP contribution in [0.2, 0.25) is 0 Å². The van der Waals surface area contributed by atoms with Crippen LogP contribution in [0.1, 0.15) is 12.8 Å². The minimum Gasteiger partial charge on any atom is -0.344 e. The van der Waals surface area contributed by atoms with Gasteiger partial charge in [0.2, 0.25) is 11.8 Å². The van der Waals surface area contributed by atoms with Crippen LogP contribution in [0.3, 0.4) is 0 Å². The Morgan fingerprint density at radius 2 is 2.30 bits per heavy atom. The maximum atomic E-state index is 11.9. The number of carbonyl (C=O) groups excluding carboxylic acids is 2. The Morgan fingerprint density at radius 1 is 1.40 bits per heavy atom. The molecule has 2 aromatic rings. The van der Waals surface area contributed by atoms with Crippen LogP contribution in [0.4, 0.5) is 5.82 Å². The van der Waals surface area contributed by atoms with Gasteiger partial charge in [0, 0.05) is 12.5 Å². The Hall–Kier alpha value is -2.84. The van der Waals surface area contributed by atoms with Gasteiger partial charge in [0.05, 0.1) is 0 Å². The van der Waals surface area contributed by atoms with Gasteiger partial charge in [-0.1, -0.05) is 0 Å². The second kappa shape index (κ2) is 5.03. The number of rotatable bonds is 3. The smallest absolute Gasteiger partial charge is 0.248 e. The van der Waals surface area contributed by atoms with Crippen LogP contribution in [-0.4, -0.2) is 42.6 Å². The molecule has 102 valence electrons. The molecule has 1 aliphatic heterocycles. The molecule has 1 aliphatic rings. The van der Waals surface area contributed by atoms with Gasteiger partial charge in [-0.3, -0.25) is 9.59 Å². The summed E-state index contributed by atoms with van der Waals surface area (Å²) < 4.78 is 1.45. The van der Waals surface area contributed by atoms with Crippen LogP contribution >= 0.6 is 0 Å². The van der Waals surface area contributed by atoms with E-state index in [2.05, 4.69) is 30.7 Å². The highest BCUT2D eigenvalue weighted by molar-refractivity contribution is 5.98. The quantitative estimate of drug-likeness (QED) is 0.762. The number of aromatic nitrogens is 5. The third kappa shape index (κ3) is 2.46. The van der Waals surface area contributed by atoms with Crippen LogP contribution in [0, 0.1) is 0 Å². The Bertz CT molecular complexity index is 640. The topological polar surface area (TPSA) is 115 Å². The summed E-state index contributed by atoms with van der Waals surface area (Å²) in [6, 6.07) is 1.07. The second-order valence-electron chi connectivity index (χ2n) is 4.25. The molecule has 0 aromatic carbocycles. The first-order valence-corrected chi connectivity index (χ1v) is 5.99. The third-order valence-electron chi connectivity index (χ3n) is 2.87.